The van der Waals surface area contributed by atoms with Crippen molar-refractivity contribution in [2.24, 2.45) is 5.92 Å². The van der Waals surface area contributed by atoms with Crippen LogP contribution in [0.3, 0.4) is 0 Å². The van der Waals surface area contributed by atoms with Gasteiger partial charge in [-0.15, -0.1) is 0 Å². The highest BCUT2D eigenvalue weighted by molar-refractivity contribution is 7.89. The van der Waals surface area contributed by atoms with Gasteiger partial charge in [0.1, 0.15) is 12.4 Å². The molecule has 0 bridgehead atoms. The first-order valence-electron chi connectivity index (χ1n) is 9.79. The molecule has 1 fully saturated rings. The maximum absolute atomic E-state index is 12.9. The Morgan fingerprint density at radius 3 is 2.43 bits per heavy atom. The molecule has 2 aromatic carbocycles. The Labute approximate surface area is 182 Å². The minimum atomic E-state index is -3.57. The molecule has 2 aromatic rings. The van der Waals surface area contributed by atoms with Crippen molar-refractivity contribution in [1.82, 2.24) is 4.31 Å². The van der Waals surface area contributed by atoms with Crippen LogP contribution in [0.15, 0.2) is 41.3 Å². The van der Waals surface area contributed by atoms with E-state index in [1.807, 2.05) is 19.9 Å². The predicted molar refractivity (Wildman–Crippen MR) is 115 cm³/mol. The van der Waals surface area contributed by atoms with Crippen molar-refractivity contribution in [1.29, 1.82) is 0 Å². The summed E-state index contributed by atoms with van der Waals surface area (Å²) in [7, 11) is -2.03. The predicted octanol–water partition coefficient (Wildman–Crippen LogP) is 4.11. The molecule has 0 aromatic heterocycles. The number of hydrogen-bond acceptors (Lipinski definition) is 5. The third-order valence-electron chi connectivity index (χ3n) is 5.52. The lowest BCUT2D eigenvalue weighted by Crippen LogP contribution is -2.40. The number of carbonyl (C=O) groups is 1. The second-order valence-corrected chi connectivity index (χ2v) is 9.86. The van der Waals surface area contributed by atoms with Crippen molar-refractivity contribution in [3.05, 3.63) is 58.1 Å². The van der Waals surface area contributed by atoms with Gasteiger partial charge >= 0.3 is 5.97 Å². The summed E-state index contributed by atoms with van der Waals surface area (Å²) >= 11 is 6.01. The van der Waals surface area contributed by atoms with E-state index in [9.17, 15) is 13.2 Å². The molecule has 0 atom stereocenters. The topological polar surface area (TPSA) is 72.9 Å². The standard InChI is InChI=1S/C22H26ClNO5S/c1-15-4-6-20(12-16(15)2)30(26,27)24-10-8-17(9-11-24)22(25)29-14-18-13-19(23)5-7-21(18)28-3/h4-7,12-13,17H,8-11,14H2,1-3H3. The van der Waals surface area contributed by atoms with Gasteiger partial charge in [-0.2, -0.15) is 4.31 Å². The first kappa shape index (κ1) is 22.6. The Balaban J connectivity index is 1.59. The molecule has 1 heterocycles. The quantitative estimate of drug-likeness (QED) is 0.618. The van der Waals surface area contributed by atoms with E-state index in [-0.39, 0.29) is 31.6 Å². The van der Waals surface area contributed by atoms with Gasteiger partial charge in [0.15, 0.2) is 0 Å². The number of halogens is 1. The lowest BCUT2D eigenvalue weighted by molar-refractivity contribution is -0.151. The molecule has 0 saturated carbocycles. The first-order chi connectivity index (χ1) is 14.2. The highest BCUT2D eigenvalue weighted by atomic mass is 35.5. The summed E-state index contributed by atoms with van der Waals surface area (Å²) in [6.07, 6.45) is 0.852. The number of rotatable bonds is 6. The van der Waals surface area contributed by atoms with Crippen LogP contribution < -0.4 is 4.74 Å². The largest absolute Gasteiger partial charge is 0.496 e. The number of sulfonamides is 1. The van der Waals surface area contributed by atoms with Crippen LogP contribution >= 0.6 is 11.6 Å². The van der Waals surface area contributed by atoms with E-state index in [1.54, 1.807) is 37.4 Å². The van der Waals surface area contributed by atoms with Gasteiger partial charge in [0, 0.05) is 23.7 Å². The van der Waals surface area contributed by atoms with Gasteiger partial charge < -0.3 is 9.47 Å². The van der Waals surface area contributed by atoms with Gasteiger partial charge in [-0.05, 0) is 68.1 Å². The molecular weight excluding hydrogens is 426 g/mol. The molecule has 0 radical (unpaired) electrons. The Morgan fingerprint density at radius 1 is 1.10 bits per heavy atom. The first-order valence-corrected chi connectivity index (χ1v) is 11.6. The fourth-order valence-electron chi connectivity index (χ4n) is 3.48. The van der Waals surface area contributed by atoms with Crippen LogP contribution in [0.25, 0.3) is 0 Å². The number of methoxy groups -OCH3 is 1. The second kappa shape index (κ2) is 9.37. The normalized spacial score (nSPS) is 15.7. The number of hydrogen-bond donors (Lipinski definition) is 0. The van der Waals surface area contributed by atoms with E-state index >= 15 is 0 Å². The lowest BCUT2D eigenvalue weighted by atomic mass is 9.98. The van der Waals surface area contributed by atoms with Crippen molar-refractivity contribution in [3.63, 3.8) is 0 Å². The Bertz CT molecular complexity index is 1030. The summed E-state index contributed by atoms with van der Waals surface area (Å²) in [6, 6.07) is 10.3. The summed E-state index contributed by atoms with van der Waals surface area (Å²) in [5, 5.41) is 0.534. The Kier molecular flexibility index (Phi) is 7.06. The molecule has 0 spiro atoms. The third-order valence-corrected chi connectivity index (χ3v) is 7.65. The molecule has 0 amide bonds. The van der Waals surface area contributed by atoms with E-state index in [4.69, 9.17) is 21.1 Å². The van der Waals surface area contributed by atoms with Crippen molar-refractivity contribution < 1.29 is 22.7 Å². The van der Waals surface area contributed by atoms with Crippen molar-refractivity contribution >= 4 is 27.6 Å². The van der Waals surface area contributed by atoms with Gasteiger partial charge in [0.05, 0.1) is 17.9 Å². The molecule has 1 aliphatic rings. The van der Waals surface area contributed by atoms with Crippen LogP contribution in [-0.4, -0.2) is 38.9 Å². The average Bonchev–Trinajstić information content (AvgIpc) is 2.74. The number of carbonyl (C=O) groups excluding carboxylic acids is 1. The summed E-state index contributed by atoms with van der Waals surface area (Å²) < 4.78 is 38.0. The molecule has 0 N–H and O–H groups in total. The molecule has 30 heavy (non-hydrogen) atoms. The molecule has 0 aliphatic carbocycles. The van der Waals surface area contributed by atoms with Crippen molar-refractivity contribution in [2.75, 3.05) is 20.2 Å². The number of benzene rings is 2. The fourth-order valence-corrected chi connectivity index (χ4v) is 5.23. The lowest BCUT2D eigenvalue weighted by Gasteiger charge is -2.30. The second-order valence-electron chi connectivity index (χ2n) is 7.49. The number of piperidine rings is 1. The molecule has 3 rings (SSSR count). The molecule has 1 aliphatic heterocycles. The van der Waals surface area contributed by atoms with E-state index < -0.39 is 10.0 Å². The highest BCUT2D eigenvalue weighted by Crippen LogP contribution is 2.27. The van der Waals surface area contributed by atoms with Crippen LogP contribution in [0, 0.1) is 19.8 Å². The summed E-state index contributed by atoms with van der Waals surface area (Å²) in [5.74, 6) is -0.0665. The summed E-state index contributed by atoms with van der Waals surface area (Å²) in [6.45, 7) is 4.47. The smallest absolute Gasteiger partial charge is 0.309 e. The molecule has 1 saturated heterocycles. The van der Waals surface area contributed by atoms with E-state index in [1.165, 1.54) is 4.31 Å². The van der Waals surface area contributed by atoms with Gasteiger partial charge in [0.2, 0.25) is 10.0 Å². The summed E-state index contributed by atoms with van der Waals surface area (Å²) in [5.41, 5.74) is 2.67. The van der Waals surface area contributed by atoms with Gasteiger partial charge in [0.25, 0.3) is 0 Å². The Hall–Kier alpha value is -2.09. The minimum absolute atomic E-state index is 0.0592. The average molecular weight is 452 g/mol. The van der Waals surface area contributed by atoms with Crippen molar-refractivity contribution in [2.45, 2.75) is 38.2 Å². The molecule has 8 heteroatoms. The van der Waals surface area contributed by atoms with Crippen LogP contribution in [0.2, 0.25) is 5.02 Å². The molecular formula is C22H26ClNO5S. The highest BCUT2D eigenvalue weighted by Gasteiger charge is 2.33. The molecule has 162 valence electrons. The Morgan fingerprint density at radius 2 is 1.80 bits per heavy atom. The van der Waals surface area contributed by atoms with E-state index in [0.29, 0.717) is 34.1 Å². The van der Waals surface area contributed by atoms with Crippen LogP contribution in [0.5, 0.6) is 5.75 Å². The van der Waals surface area contributed by atoms with E-state index in [0.717, 1.165) is 11.1 Å². The molecule has 6 nitrogen and oxygen atoms in total. The van der Waals surface area contributed by atoms with Crippen molar-refractivity contribution in [3.8, 4) is 5.75 Å². The van der Waals surface area contributed by atoms with Gasteiger partial charge in [-0.3, -0.25) is 4.79 Å². The minimum Gasteiger partial charge on any atom is -0.496 e. The summed E-state index contributed by atoms with van der Waals surface area (Å²) in [4.78, 5) is 12.8. The zero-order chi connectivity index (χ0) is 21.9. The number of ether oxygens (including phenoxy) is 2. The SMILES string of the molecule is COc1ccc(Cl)cc1COC(=O)C1CCN(S(=O)(=O)c2ccc(C)c(C)c2)CC1. The zero-order valence-electron chi connectivity index (χ0n) is 17.4. The fraction of sp³-hybridized carbons (Fsp3) is 0.409. The third kappa shape index (κ3) is 4.96. The maximum atomic E-state index is 12.9. The number of aryl methyl sites for hydroxylation is 2. The van der Waals surface area contributed by atoms with Gasteiger partial charge in [-0.1, -0.05) is 17.7 Å². The van der Waals surface area contributed by atoms with Gasteiger partial charge in [-0.25, -0.2) is 8.42 Å². The zero-order valence-corrected chi connectivity index (χ0v) is 18.9. The van der Waals surface area contributed by atoms with Crippen LogP contribution in [0.4, 0.5) is 0 Å². The van der Waals surface area contributed by atoms with Crippen LogP contribution in [-0.2, 0) is 26.2 Å². The maximum Gasteiger partial charge on any atom is 0.309 e. The van der Waals surface area contributed by atoms with E-state index in [2.05, 4.69) is 0 Å². The van der Waals surface area contributed by atoms with Crippen LogP contribution in [0.1, 0.15) is 29.5 Å². The molecule has 0 unspecified atom stereocenters. The monoisotopic (exact) mass is 451 g/mol. The number of nitrogens with zero attached hydrogens (tertiary/aromatic N) is 1. The number of esters is 1.